The second-order valence-corrected chi connectivity index (χ2v) is 8.47. The standard InChI is InChI=1S/C25H32F3N5O2/c1-5-19(9-10-25(26,27)28)31-24(34)33(6-2)16(3)17-7-8-22(35-4)20(13-17)18-14-21(29)23-30-11-12-32(23)15-18/h7-8,11-16,19H,5-6,9-10,29H2,1-4H3,(H,31,34)/t16-,19-/m1/s1. The van der Waals surface area contributed by atoms with Crippen LogP contribution in [0, 0.1) is 0 Å². The highest BCUT2D eigenvalue weighted by Crippen LogP contribution is 2.35. The number of methoxy groups -OCH3 is 1. The molecule has 0 aliphatic rings. The van der Waals surface area contributed by atoms with Gasteiger partial charge in [-0.1, -0.05) is 13.0 Å². The molecule has 2 amide bonds. The van der Waals surface area contributed by atoms with Crippen LogP contribution in [-0.4, -0.2) is 46.2 Å². The molecule has 2 atom stereocenters. The van der Waals surface area contributed by atoms with E-state index in [4.69, 9.17) is 10.5 Å². The monoisotopic (exact) mass is 491 g/mol. The Morgan fingerprint density at radius 3 is 2.66 bits per heavy atom. The van der Waals surface area contributed by atoms with Gasteiger partial charge in [0, 0.05) is 48.7 Å². The summed E-state index contributed by atoms with van der Waals surface area (Å²) in [5.41, 5.74) is 9.84. The van der Waals surface area contributed by atoms with Crippen LogP contribution in [0.5, 0.6) is 5.75 Å². The molecule has 3 rings (SSSR count). The number of amides is 2. The number of urea groups is 1. The Kier molecular flexibility index (Phi) is 8.14. The highest BCUT2D eigenvalue weighted by atomic mass is 19.4. The highest BCUT2D eigenvalue weighted by molar-refractivity contribution is 5.79. The van der Waals surface area contributed by atoms with Gasteiger partial charge in [-0.05, 0) is 50.5 Å². The number of imidazole rings is 1. The van der Waals surface area contributed by atoms with Gasteiger partial charge in [0.15, 0.2) is 5.65 Å². The molecule has 0 saturated carbocycles. The summed E-state index contributed by atoms with van der Waals surface area (Å²) in [4.78, 5) is 18.9. The molecule has 10 heteroatoms. The number of carbonyl (C=O) groups is 1. The number of nitrogens with one attached hydrogen (secondary N) is 1. The molecule has 0 aliphatic heterocycles. The molecular weight excluding hydrogens is 459 g/mol. The lowest BCUT2D eigenvalue weighted by Crippen LogP contribution is -2.45. The fourth-order valence-electron chi connectivity index (χ4n) is 4.17. The number of nitrogen functional groups attached to an aromatic ring is 1. The Hall–Kier alpha value is -3.43. The minimum Gasteiger partial charge on any atom is -0.496 e. The van der Waals surface area contributed by atoms with Gasteiger partial charge in [-0.25, -0.2) is 9.78 Å². The summed E-state index contributed by atoms with van der Waals surface area (Å²) in [6.07, 6.45) is 0.461. The van der Waals surface area contributed by atoms with Crippen molar-refractivity contribution >= 4 is 17.4 Å². The molecule has 0 saturated heterocycles. The Morgan fingerprint density at radius 1 is 1.29 bits per heavy atom. The van der Waals surface area contributed by atoms with Crippen molar-refractivity contribution in [2.75, 3.05) is 19.4 Å². The Bertz CT molecular complexity index is 1160. The maximum Gasteiger partial charge on any atom is 0.389 e. The number of pyridine rings is 1. The van der Waals surface area contributed by atoms with E-state index in [1.165, 1.54) is 0 Å². The topological polar surface area (TPSA) is 84.9 Å². The zero-order chi connectivity index (χ0) is 25.8. The molecule has 3 N–H and O–H groups in total. The van der Waals surface area contributed by atoms with E-state index in [0.717, 1.165) is 16.7 Å². The van der Waals surface area contributed by atoms with Gasteiger partial charge in [0.2, 0.25) is 0 Å². The Balaban J connectivity index is 1.86. The van der Waals surface area contributed by atoms with E-state index < -0.39 is 24.7 Å². The third kappa shape index (κ3) is 6.17. The second-order valence-electron chi connectivity index (χ2n) is 8.47. The maximum atomic E-state index is 13.0. The number of nitrogens with zero attached hydrogens (tertiary/aromatic N) is 3. The van der Waals surface area contributed by atoms with Crippen LogP contribution in [0.25, 0.3) is 16.8 Å². The number of anilines is 1. The largest absolute Gasteiger partial charge is 0.496 e. The number of hydrogen-bond donors (Lipinski definition) is 2. The molecular formula is C25H32F3N5O2. The number of alkyl halides is 3. The van der Waals surface area contributed by atoms with Crippen LogP contribution in [0.2, 0.25) is 0 Å². The summed E-state index contributed by atoms with van der Waals surface area (Å²) in [6.45, 7) is 5.88. The predicted molar refractivity (Wildman–Crippen MR) is 130 cm³/mol. The fraction of sp³-hybridized carbons (Fsp3) is 0.440. The predicted octanol–water partition coefficient (Wildman–Crippen LogP) is 5.81. The summed E-state index contributed by atoms with van der Waals surface area (Å²) >= 11 is 0. The zero-order valence-electron chi connectivity index (χ0n) is 20.4. The van der Waals surface area contributed by atoms with E-state index in [1.54, 1.807) is 31.3 Å². The number of carbonyl (C=O) groups excluding carboxylic acids is 1. The number of rotatable bonds is 9. The number of ether oxygens (including phenoxy) is 1. The maximum absolute atomic E-state index is 13.0. The van der Waals surface area contributed by atoms with Gasteiger partial charge >= 0.3 is 12.2 Å². The molecule has 1 aromatic carbocycles. The first-order valence-corrected chi connectivity index (χ1v) is 11.6. The lowest BCUT2D eigenvalue weighted by Gasteiger charge is -2.31. The highest BCUT2D eigenvalue weighted by Gasteiger charge is 2.29. The van der Waals surface area contributed by atoms with Crippen molar-refractivity contribution in [3.63, 3.8) is 0 Å². The molecule has 3 aromatic rings. The third-order valence-corrected chi connectivity index (χ3v) is 6.20. The van der Waals surface area contributed by atoms with Crippen LogP contribution in [0.3, 0.4) is 0 Å². The molecule has 0 fully saturated rings. The molecule has 0 aliphatic carbocycles. The molecule has 35 heavy (non-hydrogen) atoms. The number of nitrogens with two attached hydrogens (primary N) is 1. The lowest BCUT2D eigenvalue weighted by atomic mass is 9.99. The van der Waals surface area contributed by atoms with Crippen LogP contribution < -0.4 is 15.8 Å². The minimum atomic E-state index is -4.25. The van der Waals surface area contributed by atoms with Crippen molar-refractivity contribution in [1.82, 2.24) is 19.6 Å². The Labute approximate surface area is 203 Å². The first-order chi connectivity index (χ1) is 16.6. The van der Waals surface area contributed by atoms with Gasteiger partial charge in [-0.15, -0.1) is 0 Å². The Morgan fingerprint density at radius 2 is 2.03 bits per heavy atom. The normalized spacial score (nSPS) is 13.5. The minimum absolute atomic E-state index is 0.150. The van der Waals surface area contributed by atoms with Crippen molar-refractivity contribution in [1.29, 1.82) is 0 Å². The summed E-state index contributed by atoms with van der Waals surface area (Å²) < 4.78 is 45.4. The fourth-order valence-corrected chi connectivity index (χ4v) is 4.17. The summed E-state index contributed by atoms with van der Waals surface area (Å²) in [5.74, 6) is 0.644. The van der Waals surface area contributed by atoms with Crippen molar-refractivity contribution in [2.24, 2.45) is 0 Å². The molecule has 2 heterocycles. The summed E-state index contributed by atoms with van der Waals surface area (Å²) in [5, 5.41) is 2.77. The molecule has 0 radical (unpaired) electrons. The molecule has 0 bridgehead atoms. The van der Waals surface area contributed by atoms with Crippen LogP contribution in [0.4, 0.5) is 23.7 Å². The van der Waals surface area contributed by atoms with E-state index >= 15 is 0 Å². The average molecular weight is 492 g/mol. The van der Waals surface area contributed by atoms with Crippen molar-refractivity contribution in [3.05, 3.63) is 48.4 Å². The lowest BCUT2D eigenvalue weighted by molar-refractivity contribution is -0.136. The van der Waals surface area contributed by atoms with Gasteiger partial charge in [-0.2, -0.15) is 13.2 Å². The molecule has 0 unspecified atom stereocenters. The molecule has 2 aromatic heterocycles. The van der Waals surface area contributed by atoms with Crippen LogP contribution >= 0.6 is 0 Å². The first-order valence-electron chi connectivity index (χ1n) is 11.6. The van der Waals surface area contributed by atoms with Crippen molar-refractivity contribution in [2.45, 2.75) is 58.3 Å². The van der Waals surface area contributed by atoms with Crippen LogP contribution in [0.15, 0.2) is 42.9 Å². The summed E-state index contributed by atoms with van der Waals surface area (Å²) in [7, 11) is 1.58. The van der Waals surface area contributed by atoms with Gasteiger partial charge in [0.1, 0.15) is 5.75 Å². The molecule has 7 nitrogen and oxygen atoms in total. The second kappa shape index (κ2) is 10.9. The molecule has 0 spiro atoms. The van der Waals surface area contributed by atoms with Gasteiger partial charge in [0.05, 0.1) is 18.8 Å². The van der Waals surface area contributed by atoms with E-state index in [2.05, 4.69) is 10.3 Å². The number of halogens is 3. The van der Waals surface area contributed by atoms with Gasteiger partial charge < -0.3 is 25.1 Å². The van der Waals surface area contributed by atoms with E-state index in [1.807, 2.05) is 48.7 Å². The zero-order valence-corrected chi connectivity index (χ0v) is 20.4. The number of fused-ring (bicyclic) bond motifs is 1. The quantitative estimate of drug-likeness (QED) is 0.396. The number of hydrogen-bond acceptors (Lipinski definition) is 4. The van der Waals surface area contributed by atoms with E-state index in [-0.39, 0.29) is 12.5 Å². The number of benzene rings is 1. The average Bonchev–Trinajstić information content (AvgIpc) is 3.30. The van der Waals surface area contributed by atoms with Crippen molar-refractivity contribution < 1.29 is 22.7 Å². The van der Waals surface area contributed by atoms with E-state index in [0.29, 0.717) is 30.0 Å². The van der Waals surface area contributed by atoms with Gasteiger partial charge in [-0.3, -0.25) is 0 Å². The van der Waals surface area contributed by atoms with Gasteiger partial charge in [0.25, 0.3) is 0 Å². The van der Waals surface area contributed by atoms with Crippen LogP contribution in [-0.2, 0) is 0 Å². The van der Waals surface area contributed by atoms with Crippen LogP contribution in [0.1, 0.15) is 51.6 Å². The third-order valence-electron chi connectivity index (χ3n) is 6.20. The van der Waals surface area contributed by atoms with Crippen molar-refractivity contribution in [3.8, 4) is 16.9 Å². The van der Waals surface area contributed by atoms with E-state index in [9.17, 15) is 18.0 Å². The smallest absolute Gasteiger partial charge is 0.389 e. The first kappa shape index (κ1) is 26.2. The molecule has 190 valence electrons. The SMILES string of the molecule is CC[C@H](CCC(F)(F)F)NC(=O)N(CC)[C@H](C)c1ccc(OC)c(-c2cc(N)c3nccn3c2)c1. The summed E-state index contributed by atoms with van der Waals surface area (Å²) in [6, 6.07) is 6.20. The number of aromatic nitrogens is 2.